The summed E-state index contributed by atoms with van der Waals surface area (Å²) in [5, 5.41) is 18.3. The number of aliphatic hydroxyl groups is 1. The van der Waals surface area contributed by atoms with E-state index in [2.05, 4.69) is 10.2 Å². The largest absolute Gasteiger partial charge is 0.411 e. The summed E-state index contributed by atoms with van der Waals surface area (Å²) in [6.45, 7) is 2.00. The van der Waals surface area contributed by atoms with E-state index in [0.29, 0.717) is 11.1 Å². The zero-order chi connectivity index (χ0) is 16.2. The van der Waals surface area contributed by atoms with Crippen molar-refractivity contribution in [2.75, 3.05) is 5.75 Å². The van der Waals surface area contributed by atoms with Crippen LogP contribution >= 0.6 is 11.8 Å². The van der Waals surface area contributed by atoms with Gasteiger partial charge in [0.25, 0.3) is 5.22 Å². The highest BCUT2D eigenvalue weighted by Gasteiger charge is 2.15. The molecule has 1 N–H and O–H groups in total. The Morgan fingerprint density at radius 3 is 2.61 bits per heavy atom. The molecule has 0 radical (unpaired) electrons. The summed E-state index contributed by atoms with van der Waals surface area (Å²) < 4.78 is 19.2. The quantitative estimate of drug-likeness (QED) is 0.716. The Kier molecular flexibility index (Phi) is 4.73. The molecule has 0 bridgehead atoms. The molecule has 0 saturated carbocycles. The first-order valence-corrected chi connectivity index (χ1v) is 8.08. The molecule has 4 nitrogen and oxygen atoms in total. The number of aryl methyl sites for hydroxylation is 1. The van der Waals surface area contributed by atoms with E-state index < -0.39 is 11.9 Å². The fourth-order valence-electron chi connectivity index (χ4n) is 2.07. The van der Waals surface area contributed by atoms with Gasteiger partial charge in [0.1, 0.15) is 5.82 Å². The van der Waals surface area contributed by atoms with Gasteiger partial charge in [-0.3, -0.25) is 0 Å². The third kappa shape index (κ3) is 3.78. The summed E-state index contributed by atoms with van der Waals surface area (Å²) in [5.41, 5.74) is 2.25. The standard InChI is InChI=1S/C17H15FN2O2S/c1-11-6-8-12(9-7-11)16-19-20-17(22-16)23-10-15(21)13-4-2-3-5-14(13)18/h2-9,15,21H,10H2,1H3. The Bertz CT molecular complexity index is 789. The first-order chi connectivity index (χ1) is 11.1. The first-order valence-electron chi connectivity index (χ1n) is 7.09. The van der Waals surface area contributed by atoms with Crippen molar-refractivity contribution in [2.45, 2.75) is 18.3 Å². The fraction of sp³-hybridized carbons (Fsp3) is 0.176. The van der Waals surface area contributed by atoms with Gasteiger partial charge in [-0.05, 0) is 25.1 Å². The number of hydrogen-bond acceptors (Lipinski definition) is 5. The van der Waals surface area contributed by atoms with Gasteiger partial charge in [-0.15, -0.1) is 10.2 Å². The summed E-state index contributed by atoms with van der Waals surface area (Å²) >= 11 is 1.19. The van der Waals surface area contributed by atoms with Crippen LogP contribution in [-0.4, -0.2) is 21.1 Å². The number of benzene rings is 2. The molecule has 0 spiro atoms. The van der Waals surface area contributed by atoms with Crippen molar-refractivity contribution >= 4 is 11.8 Å². The minimum absolute atomic E-state index is 0.233. The maximum Gasteiger partial charge on any atom is 0.276 e. The summed E-state index contributed by atoms with van der Waals surface area (Å²) in [6, 6.07) is 13.9. The zero-order valence-corrected chi connectivity index (χ0v) is 13.3. The summed E-state index contributed by atoms with van der Waals surface area (Å²) in [4.78, 5) is 0. The lowest BCUT2D eigenvalue weighted by Crippen LogP contribution is -2.03. The molecule has 0 aliphatic heterocycles. The lowest BCUT2D eigenvalue weighted by molar-refractivity contribution is 0.198. The van der Waals surface area contributed by atoms with Crippen LogP contribution in [0.15, 0.2) is 58.2 Å². The van der Waals surface area contributed by atoms with Gasteiger partial charge in [0.2, 0.25) is 5.89 Å². The van der Waals surface area contributed by atoms with E-state index in [1.54, 1.807) is 18.2 Å². The predicted octanol–water partition coefficient (Wildman–Crippen LogP) is 4.01. The smallest absolute Gasteiger partial charge is 0.276 e. The number of rotatable bonds is 5. The maximum absolute atomic E-state index is 13.6. The second-order valence-electron chi connectivity index (χ2n) is 5.09. The highest BCUT2D eigenvalue weighted by Crippen LogP contribution is 2.27. The third-order valence-corrected chi connectivity index (χ3v) is 4.23. The van der Waals surface area contributed by atoms with Crippen LogP contribution in [0.4, 0.5) is 4.39 Å². The van der Waals surface area contributed by atoms with Crippen LogP contribution in [0.3, 0.4) is 0 Å². The topological polar surface area (TPSA) is 59.2 Å². The summed E-state index contributed by atoms with van der Waals surface area (Å²) in [7, 11) is 0. The van der Waals surface area contributed by atoms with Gasteiger partial charge in [0, 0.05) is 16.9 Å². The molecule has 6 heteroatoms. The average Bonchev–Trinajstić information content (AvgIpc) is 3.03. The molecule has 3 rings (SSSR count). The number of aliphatic hydroxyl groups excluding tert-OH is 1. The number of thioether (sulfide) groups is 1. The van der Waals surface area contributed by atoms with Crippen molar-refractivity contribution in [3.63, 3.8) is 0 Å². The minimum atomic E-state index is -0.934. The lowest BCUT2D eigenvalue weighted by Gasteiger charge is -2.09. The zero-order valence-electron chi connectivity index (χ0n) is 12.4. The van der Waals surface area contributed by atoms with Gasteiger partial charge in [-0.1, -0.05) is 47.7 Å². The molecule has 1 atom stereocenters. The van der Waals surface area contributed by atoms with Crippen molar-refractivity contribution in [2.24, 2.45) is 0 Å². The Morgan fingerprint density at radius 1 is 1.13 bits per heavy atom. The van der Waals surface area contributed by atoms with Gasteiger partial charge in [0.05, 0.1) is 6.10 Å². The molecular weight excluding hydrogens is 315 g/mol. The summed E-state index contributed by atoms with van der Waals surface area (Å²) in [5.74, 6) is 0.232. The Balaban J connectivity index is 1.65. The van der Waals surface area contributed by atoms with Crippen molar-refractivity contribution in [1.82, 2.24) is 10.2 Å². The van der Waals surface area contributed by atoms with E-state index in [1.165, 1.54) is 17.8 Å². The van der Waals surface area contributed by atoms with Crippen LogP contribution < -0.4 is 0 Å². The number of nitrogens with zero attached hydrogens (tertiary/aromatic N) is 2. The lowest BCUT2D eigenvalue weighted by atomic mass is 10.1. The molecule has 1 unspecified atom stereocenters. The second-order valence-corrected chi connectivity index (χ2v) is 6.06. The van der Waals surface area contributed by atoms with E-state index in [9.17, 15) is 9.50 Å². The molecule has 0 saturated heterocycles. The molecule has 118 valence electrons. The van der Waals surface area contributed by atoms with Crippen LogP contribution in [0.5, 0.6) is 0 Å². The summed E-state index contributed by atoms with van der Waals surface area (Å²) in [6.07, 6.45) is -0.934. The number of aromatic nitrogens is 2. The second kappa shape index (κ2) is 6.93. The Morgan fingerprint density at radius 2 is 1.87 bits per heavy atom. The van der Waals surface area contributed by atoms with E-state index in [-0.39, 0.29) is 11.3 Å². The van der Waals surface area contributed by atoms with Crippen LogP contribution in [0.1, 0.15) is 17.2 Å². The molecule has 23 heavy (non-hydrogen) atoms. The van der Waals surface area contributed by atoms with Gasteiger partial charge in [-0.25, -0.2) is 4.39 Å². The molecule has 2 aromatic carbocycles. The van der Waals surface area contributed by atoms with Gasteiger partial charge in [0.15, 0.2) is 0 Å². The van der Waals surface area contributed by atoms with Crippen molar-refractivity contribution in [1.29, 1.82) is 0 Å². The number of halogens is 1. The van der Waals surface area contributed by atoms with E-state index in [1.807, 2.05) is 31.2 Å². The first kappa shape index (κ1) is 15.7. The Labute approximate surface area is 137 Å². The van der Waals surface area contributed by atoms with Crippen LogP contribution in [0.2, 0.25) is 0 Å². The highest BCUT2D eigenvalue weighted by molar-refractivity contribution is 7.99. The monoisotopic (exact) mass is 330 g/mol. The molecule has 1 aromatic heterocycles. The predicted molar refractivity (Wildman–Crippen MR) is 86.6 cm³/mol. The molecule has 0 aliphatic carbocycles. The third-order valence-electron chi connectivity index (χ3n) is 3.33. The average molecular weight is 330 g/mol. The van der Waals surface area contributed by atoms with Gasteiger partial charge < -0.3 is 9.52 Å². The van der Waals surface area contributed by atoms with Crippen LogP contribution in [-0.2, 0) is 0 Å². The molecule has 0 fully saturated rings. The van der Waals surface area contributed by atoms with Gasteiger partial charge in [-0.2, -0.15) is 0 Å². The highest BCUT2D eigenvalue weighted by atomic mass is 32.2. The maximum atomic E-state index is 13.6. The van der Waals surface area contributed by atoms with Crippen LogP contribution in [0, 0.1) is 12.7 Å². The van der Waals surface area contributed by atoms with Crippen molar-refractivity contribution < 1.29 is 13.9 Å². The molecule has 3 aromatic rings. The molecule has 1 heterocycles. The normalized spacial score (nSPS) is 12.3. The fourth-order valence-corrected chi connectivity index (χ4v) is 2.78. The SMILES string of the molecule is Cc1ccc(-c2nnc(SCC(O)c3ccccc3F)o2)cc1. The molecule has 0 aliphatic rings. The minimum Gasteiger partial charge on any atom is -0.411 e. The van der Waals surface area contributed by atoms with Crippen molar-refractivity contribution in [3.05, 3.63) is 65.5 Å². The molecular formula is C17H15FN2O2S. The van der Waals surface area contributed by atoms with Crippen LogP contribution in [0.25, 0.3) is 11.5 Å². The Hall–Kier alpha value is -2.18. The van der Waals surface area contributed by atoms with E-state index >= 15 is 0 Å². The van der Waals surface area contributed by atoms with E-state index in [0.717, 1.165) is 11.1 Å². The van der Waals surface area contributed by atoms with E-state index in [4.69, 9.17) is 4.42 Å². The van der Waals surface area contributed by atoms with Gasteiger partial charge >= 0.3 is 0 Å². The van der Waals surface area contributed by atoms with Crippen molar-refractivity contribution in [3.8, 4) is 11.5 Å². The number of hydrogen-bond donors (Lipinski definition) is 1. The molecule has 0 amide bonds.